The van der Waals surface area contributed by atoms with E-state index in [2.05, 4.69) is 6.58 Å². The quantitative estimate of drug-likeness (QED) is 0.341. The summed E-state index contributed by atoms with van der Waals surface area (Å²) < 4.78 is 47.8. The summed E-state index contributed by atoms with van der Waals surface area (Å²) in [4.78, 5) is 37.5. The van der Waals surface area contributed by atoms with Crippen LogP contribution in [-0.4, -0.2) is 54.6 Å². The molecule has 0 saturated carbocycles. The fourth-order valence-corrected chi connectivity index (χ4v) is 5.26. The van der Waals surface area contributed by atoms with Crippen molar-refractivity contribution in [3.8, 4) is 5.75 Å². The summed E-state index contributed by atoms with van der Waals surface area (Å²) in [5.74, 6) is -3.37. The minimum atomic E-state index is -4.86. The molecule has 180 valence electrons. The summed E-state index contributed by atoms with van der Waals surface area (Å²) in [5, 5.41) is 9.35. The van der Waals surface area contributed by atoms with E-state index in [0.29, 0.717) is 22.3 Å². The molecule has 11 heteroatoms. The normalized spacial score (nSPS) is 26.5. The Balaban J connectivity index is 1.58. The summed E-state index contributed by atoms with van der Waals surface area (Å²) in [6.45, 7) is 5.07. The van der Waals surface area contributed by atoms with E-state index in [1.807, 2.05) is 0 Å². The van der Waals surface area contributed by atoms with E-state index in [-0.39, 0.29) is 36.6 Å². The van der Waals surface area contributed by atoms with Gasteiger partial charge in [-0.3, -0.25) is 14.1 Å². The van der Waals surface area contributed by atoms with Gasteiger partial charge in [0.1, 0.15) is 18.5 Å². The molecule has 3 aliphatic rings. The van der Waals surface area contributed by atoms with Gasteiger partial charge in [0.2, 0.25) is 0 Å². The third-order valence-corrected chi connectivity index (χ3v) is 6.67. The second kappa shape index (κ2) is 8.82. The number of phenolic OH excluding ortho intramolecular Hbond substituents is 1. The van der Waals surface area contributed by atoms with Crippen LogP contribution in [-0.2, 0) is 44.9 Å². The first-order valence-electron chi connectivity index (χ1n) is 10.4. The van der Waals surface area contributed by atoms with Crippen molar-refractivity contribution in [1.82, 2.24) is 0 Å². The van der Waals surface area contributed by atoms with Gasteiger partial charge in [-0.1, -0.05) is 24.3 Å². The van der Waals surface area contributed by atoms with Gasteiger partial charge in [-0.25, -0.2) is 8.98 Å². The van der Waals surface area contributed by atoms with Crippen molar-refractivity contribution in [1.29, 1.82) is 0 Å². The molecular formula is C23H22O10S. The van der Waals surface area contributed by atoms with Crippen molar-refractivity contribution in [2.45, 2.75) is 32.0 Å². The maximum absolute atomic E-state index is 12.8. The van der Waals surface area contributed by atoms with Gasteiger partial charge in [0.25, 0.3) is 0 Å². The van der Waals surface area contributed by atoms with Crippen molar-refractivity contribution in [3.63, 3.8) is 0 Å². The van der Waals surface area contributed by atoms with Crippen LogP contribution in [0.25, 0.3) is 0 Å². The summed E-state index contributed by atoms with van der Waals surface area (Å²) >= 11 is 0. The molecule has 1 fully saturated rings. The van der Waals surface area contributed by atoms with Gasteiger partial charge in [-0.05, 0) is 42.7 Å². The van der Waals surface area contributed by atoms with Crippen LogP contribution in [0, 0.1) is 11.8 Å². The molecule has 2 N–H and O–H groups in total. The highest BCUT2D eigenvalue weighted by Gasteiger charge is 2.54. The van der Waals surface area contributed by atoms with Gasteiger partial charge in [-0.15, -0.1) is 0 Å². The summed E-state index contributed by atoms with van der Waals surface area (Å²) in [7, 11) is -4.86. The largest absolute Gasteiger partial charge is 0.508 e. The van der Waals surface area contributed by atoms with E-state index in [1.165, 1.54) is 18.2 Å². The number of allylic oxidation sites excluding steroid dienone is 1. The van der Waals surface area contributed by atoms with Crippen molar-refractivity contribution < 1.29 is 46.1 Å². The first-order valence-corrected chi connectivity index (χ1v) is 11.7. The Bertz CT molecular complexity index is 1240. The number of aromatic hydroxyl groups is 1. The minimum absolute atomic E-state index is 0.0317. The van der Waals surface area contributed by atoms with E-state index < -0.39 is 46.4 Å². The molecule has 1 aliphatic heterocycles. The van der Waals surface area contributed by atoms with Gasteiger partial charge in [-0.2, -0.15) is 8.42 Å². The summed E-state index contributed by atoms with van der Waals surface area (Å²) in [6.07, 6.45) is -1.02. The van der Waals surface area contributed by atoms with Crippen molar-refractivity contribution in [2.24, 2.45) is 11.8 Å². The molecule has 4 unspecified atom stereocenters. The second-order valence-electron chi connectivity index (χ2n) is 8.45. The Hall–Kier alpha value is -3.28. The number of ether oxygens (including phenoxy) is 2. The van der Waals surface area contributed by atoms with Gasteiger partial charge < -0.3 is 14.6 Å². The first-order chi connectivity index (χ1) is 15.9. The summed E-state index contributed by atoms with van der Waals surface area (Å²) in [5.41, 5.74) is 1.79. The third-order valence-electron chi connectivity index (χ3n) is 6.18. The molecule has 0 radical (unpaired) electrons. The number of rotatable bonds is 6. The fourth-order valence-electron chi connectivity index (χ4n) is 4.76. The lowest BCUT2D eigenvalue weighted by Crippen LogP contribution is -2.36. The standard InChI is InChI=1S/C23H22O10S/c1-11-7-17(33-34(28,29)30)20-12(2)23(27)32-22(20)21-14(9-16(25)19(11)21)10-31-18(26)8-13-3-5-15(24)6-4-13/h3-6,9,17,20-22,24H,2,7-8,10H2,1H3,(H,28,29,30). The number of hydrogen-bond donors (Lipinski definition) is 2. The average molecular weight is 490 g/mol. The van der Waals surface area contributed by atoms with Crippen LogP contribution in [0.4, 0.5) is 0 Å². The van der Waals surface area contributed by atoms with E-state index in [1.54, 1.807) is 19.1 Å². The van der Waals surface area contributed by atoms with Gasteiger partial charge in [0.15, 0.2) is 5.78 Å². The number of carbonyl (C=O) groups is 3. The molecule has 1 saturated heterocycles. The molecule has 2 aliphatic carbocycles. The lowest BCUT2D eigenvalue weighted by Gasteiger charge is -2.27. The van der Waals surface area contributed by atoms with Crippen molar-refractivity contribution in [2.75, 3.05) is 6.61 Å². The summed E-state index contributed by atoms with van der Waals surface area (Å²) in [6, 6.07) is 6.04. The van der Waals surface area contributed by atoms with Crippen molar-refractivity contribution in [3.05, 3.63) is 64.8 Å². The highest BCUT2D eigenvalue weighted by Crippen LogP contribution is 2.48. The van der Waals surface area contributed by atoms with E-state index in [9.17, 15) is 32.5 Å². The van der Waals surface area contributed by atoms with Gasteiger partial charge >= 0.3 is 22.3 Å². The van der Waals surface area contributed by atoms with Crippen LogP contribution in [0.1, 0.15) is 18.9 Å². The lowest BCUT2D eigenvalue weighted by molar-refractivity contribution is -0.143. The molecule has 0 amide bonds. The Labute approximate surface area is 195 Å². The Morgan fingerprint density at radius 1 is 1.24 bits per heavy atom. The van der Waals surface area contributed by atoms with E-state index in [0.717, 1.165) is 0 Å². The highest BCUT2D eigenvalue weighted by atomic mass is 32.3. The number of benzene rings is 1. The molecule has 0 spiro atoms. The lowest BCUT2D eigenvalue weighted by atomic mass is 9.82. The van der Waals surface area contributed by atoms with Crippen LogP contribution in [0.2, 0.25) is 0 Å². The molecule has 4 atom stereocenters. The monoisotopic (exact) mass is 490 g/mol. The molecule has 1 aromatic rings. The number of carbonyl (C=O) groups excluding carboxylic acids is 3. The number of hydrogen-bond acceptors (Lipinski definition) is 9. The topological polar surface area (TPSA) is 154 Å². The van der Waals surface area contributed by atoms with Crippen molar-refractivity contribution >= 4 is 28.1 Å². The van der Waals surface area contributed by atoms with Crippen LogP contribution >= 0.6 is 0 Å². The zero-order chi connectivity index (χ0) is 24.8. The van der Waals surface area contributed by atoms with Crippen LogP contribution in [0.5, 0.6) is 5.75 Å². The maximum atomic E-state index is 12.8. The van der Waals surface area contributed by atoms with Gasteiger partial charge in [0, 0.05) is 11.1 Å². The zero-order valence-electron chi connectivity index (χ0n) is 18.1. The Morgan fingerprint density at radius 3 is 2.56 bits per heavy atom. The number of esters is 2. The SMILES string of the molecule is C=C1C(=O)OC2C3C(COC(=O)Cc4ccc(O)cc4)=CC(=O)C3=C(C)CC(OS(=O)(=O)O)C12. The number of ketones is 1. The third kappa shape index (κ3) is 4.67. The molecule has 1 aromatic carbocycles. The molecule has 1 heterocycles. The highest BCUT2D eigenvalue weighted by molar-refractivity contribution is 7.80. The molecule has 4 rings (SSSR count). The molecule has 34 heavy (non-hydrogen) atoms. The average Bonchev–Trinajstić information content (AvgIpc) is 3.18. The Kier molecular flexibility index (Phi) is 6.19. The van der Waals surface area contributed by atoms with Crippen LogP contribution < -0.4 is 0 Å². The fraction of sp³-hybridized carbons (Fsp3) is 0.348. The molecule has 0 bridgehead atoms. The van der Waals surface area contributed by atoms with Crippen LogP contribution in [0.15, 0.2) is 59.2 Å². The molecule has 10 nitrogen and oxygen atoms in total. The number of phenols is 1. The predicted octanol–water partition coefficient (Wildman–Crippen LogP) is 1.61. The number of fused-ring (bicyclic) bond motifs is 3. The first kappa shape index (κ1) is 23.9. The zero-order valence-corrected chi connectivity index (χ0v) is 18.9. The minimum Gasteiger partial charge on any atom is -0.508 e. The van der Waals surface area contributed by atoms with Crippen LogP contribution in [0.3, 0.4) is 0 Å². The molecule has 0 aromatic heterocycles. The predicted molar refractivity (Wildman–Crippen MR) is 116 cm³/mol. The smallest absolute Gasteiger partial charge is 0.397 e. The van der Waals surface area contributed by atoms with E-state index >= 15 is 0 Å². The van der Waals surface area contributed by atoms with E-state index in [4.69, 9.17) is 13.7 Å². The van der Waals surface area contributed by atoms with Gasteiger partial charge in [0.05, 0.1) is 24.4 Å². The maximum Gasteiger partial charge on any atom is 0.397 e. The Morgan fingerprint density at radius 2 is 1.91 bits per heavy atom. The molecular weight excluding hydrogens is 468 g/mol. The second-order valence-corrected chi connectivity index (χ2v) is 9.49.